The molecule has 1 aromatic heterocycles. The summed E-state index contributed by atoms with van der Waals surface area (Å²) in [5.74, 6) is 0.397. The predicted molar refractivity (Wildman–Crippen MR) is 83.6 cm³/mol. The summed E-state index contributed by atoms with van der Waals surface area (Å²) in [6, 6.07) is 8.99. The standard InChI is InChI=1S/C16H21N5O2/c1-20(16(23)12-7-3-2-4-8-12)11-15-17-19-21(18-15)13-9-5-6-10-14(13)22/h2-4,7-8,13-14,22H,5-6,9-11H2,1H3/t13-,14+/m0/s1. The van der Waals surface area contributed by atoms with Crippen molar-refractivity contribution in [3.63, 3.8) is 0 Å². The SMILES string of the molecule is CN(Cc1nnn([C@H]2CCCC[C@H]2O)n1)C(=O)c1ccccc1. The Morgan fingerprint density at radius 2 is 2.04 bits per heavy atom. The first-order valence-electron chi connectivity index (χ1n) is 7.92. The second-order valence-electron chi connectivity index (χ2n) is 5.97. The topological polar surface area (TPSA) is 84.1 Å². The minimum atomic E-state index is -0.422. The summed E-state index contributed by atoms with van der Waals surface area (Å²) in [5.41, 5.74) is 0.630. The zero-order valence-electron chi connectivity index (χ0n) is 13.2. The minimum absolute atomic E-state index is 0.0837. The molecule has 2 aromatic rings. The lowest BCUT2D eigenvalue weighted by molar-refractivity contribution is 0.0609. The molecule has 0 radical (unpaired) electrons. The predicted octanol–water partition coefficient (Wildman–Crippen LogP) is 1.42. The number of aromatic nitrogens is 4. The van der Waals surface area contributed by atoms with Crippen LogP contribution in [0.1, 0.15) is 47.9 Å². The van der Waals surface area contributed by atoms with Crippen LogP contribution in [0.15, 0.2) is 30.3 Å². The van der Waals surface area contributed by atoms with Crippen molar-refractivity contribution >= 4 is 5.91 Å². The van der Waals surface area contributed by atoms with Gasteiger partial charge in [0.2, 0.25) is 0 Å². The maximum atomic E-state index is 12.3. The Labute approximate surface area is 134 Å². The highest BCUT2D eigenvalue weighted by molar-refractivity contribution is 5.93. The molecule has 23 heavy (non-hydrogen) atoms. The summed E-state index contributed by atoms with van der Waals surface area (Å²) in [6.45, 7) is 0.288. The largest absolute Gasteiger partial charge is 0.391 e. The summed E-state index contributed by atoms with van der Waals surface area (Å²) in [6.07, 6.45) is 3.30. The van der Waals surface area contributed by atoms with Gasteiger partial charge in [-0.3, -0.25) is 4.79 Å². The van der Waals surface area contributed by atoms with Crippen molar-refractivity contribution in [2.75, 3.05) is 7.05 Å². The van der Waals surface area contributed by atoms with Crippen molar-refractivity contribution in [1.82, 2.24) is 25.1 Å². The zero-order chi connectivity index (χ0) is 16.2. The van der Waals surface area contributed by atoms with Crippen LogP contribution < -0.4 is 0 Å². The van der Waals surface area contributed by atoms with Gasteiger partial charge in [-0.1, -0.05) is 31.0 Å². The second kappa shape index (κ2) is 6.87. The fourth-order valence-corrected chi connectivity index (χ4v) is 2.91. The molecule has 0 unspecified atom stereocenters. The number of benzene rings is 1. The third kappa shape index (κ3) is 3.56. The molecule has 0 bridgehead atoms. The van der Waals surface area contributed by atoms with E-state index in [2.05, 4.69) is 15.4 Å². The summed E-state index contributed by atoms with van der Waals surface area (Å²) < 4.78 is 0. The maximum absolute atomic E-state index is 12.3. The minimum Gasteiger partial charge on any atom is -0.391 e. The van der Waals surface area contributed by atoms with Crippen LogP contribution in [-0.2, 0) is 6.54 Å². The van der Waals surface area contributed by atoms with Gasteiger partial charge in [-0.15, -0.1) is 10.2 Å². The Morgan fingerprint density at radius 3 is 2.78 bits per heavy atom. The molecule has 2 atom stereocenters. The molecule has 1 amide bonds. The summed E-state index contributed by atoms with van der Waals surface area (Å²) >= 11 is 0. The van der Waals surface area contributed by atoms with Gasteiger partial charge in [-0.05, 0) is 30.2 Å². The summed E-state index contributed by atoms with van der Waals surface area (Å²) in [7, 11) is 1.71. The highest BCUT2D eigenvalue weighted by Crippen LogP contribution is 2.27. The Hall–Kier alpha value is -2.28. The molecule has 0 spiro atoms. The number of aliphatic hydroxyl groups excluding tert-OH is 1. The monoisotopic (exact) mass is 315 g/mol. The van der Waals surface area contributed by atoms with E-state index in [9.17, 15) is 9.90 Å². The van der Waals surface area contributed by atoms with Gasteiger partial charge in [0, 0.05) is 12.6 Å². The highest BCUT2D eigenvalue weighted by atomic mass is 16.3. The summed E-state index contributed by atoms with van der Waals surface area (Å²) in [5, 5.41) is 22.5. The number of aliphatic hydroxyl groups is 1. The van der Waals surface area contributed by atoms with E-state index < -0.39 is 6.10 Å². The van der Waals surface area contributed by atoms with Crippen molar-refractivity contribution in [3.8, 4) is 0 Å². The van der Waals surface area contributed by atoms with Crippen LogP contribution in [0.2, 0.25) is 0 Å². The lowest BCUT2D eigenvalue weighted by atomic mass is 9.93. The van der Waals surface area contributed by atoms with Crippen molar-refractivity contribution in [1.29, 1.82) is 0 Å². The van der Waals surface area contributed by atoms with E-state index >= 15 is 0 Å². The Morgan fingerprint density at radius 1 is 1.30 bits per heavy atom. The quantitative estimate of drug-likeness (QED) is 0.922. The number of tetrazole rings is 1. The van der Waals surface area contributed by atoms with Crippen molar-refractivity contribution in [3.05, 3.63) is 41.7 Å². The van der Waals surface area contributed by atoms with E-state index in [-0.39, 0.29) is 18.5 Å². The highest BCUT2D eigenvalue weighted by Gasteiger charge is 2.27. The van der Waals surface area contributed by atoms with Crippen LogP contribution in [0.4, 0.5) is 0 Å². The van der Waals surface area contributed by atoms with Crippen LogP contribution in [0.3, 0.4) is 0 Å². The number of carbonyl (C=O) groups excluding carboxylic acids is 1. The molecule has 0 aliphatic heterocycles. The van der Waals surface area contributed by atoms with Crippen molar-refractivity contribution in [2.45, 2.75) is 44.4 Å². The molecule has 0 saturated heterocycles. The van der Waals surface area contributed by atoms with E-state index in [1.807, 2.05) is 18.2 Å². The average Bonchev–Trinajstić information content (AvgIpc) is 3.03. The fourth-order valence-electron chi connectivity index (χ4n) is 2.91. The molecule has 122 valence electrons. The van der Waals surface area contributed by atoms with Gasteiger partial charge in [0.1, 0.15) is 0 Å². The average molecular weight is 315 g/mol. The normalized spacial score (nSPS) is 21.1. The van der Waals surface area contributed by atoms with Gasteiger partial charge in [-0.25, -0.2) is 0 Å². The molecule has 1 saturated carbocycles. The zero-order valence-corrected chi connectivity index (χ0v) is 13.2. The molecular formula is C16H21N5O2. The van der Waals surface area contributed by atoms with E-state index in [1.54, 1.807) is 24.1 Å². The van der Waals surface area contributed by atoms with Crippen LogP contribution in [0.25, 0.3) is 0 Å². The molecule has 1 heterocycles. The molecular weight excluding hydrogens is 294 g/mol. The molecule has 1 aromatic carbocycles. The molecule has 7 heteroatoms. The molecule has 1 N–H and O–H groups in total. The van der Waals surface area contributed by atoms with E-state index in [1.165, 1.54) is 4.80 Å². The van der Waals surface area contributed by atoms with Gasteiger partial charge in [-0.2, -0.15) is 4.80 Å². The number of carbonyl (C=O) groups is 1. The Kier molecular flexibility index (Phi) is 4.66. The number of hydrogen-bond donors (Lipinski definition) is 1. The lowest BCUT2D eigenvalue weighted by Gasteiger charge is -2.25. The third-order valence-electron chi connectivity index (χ3n) is 4.21. The second-order valence-corrected chi connectivity index (χ2v) is 5.97. The van der Waals surface area contributed by atoms with Crippen molar-refractivity contribution < 1.29 is 9.90 Å². The van der Waals surface area contributed by atoms with E-state index in [0.29, 0.717) is 11.4 Å². The third-order valence-corrected chi connectivity index (χ3v) is 4.21. The van der Waals surface area contributed by atoms with E-state index in [0.717, 1.165) is 25.7 Å². The lowest BCUT2D eigenvalue weighted by Crippen LogP contribution is -2.29. The van der Waals surface area contributed by atoms with Gasteiger partial charge in [0.25, 0.3) is 5.91 Å². The fraction of sp³-hybridized carbons (Fsp3) is 0.500. The number of nitrogens with zero attached hydrogens (tertiary/aromatic N) is 5. The Balaban J connectivity index is 1.65. The molecule has 1 aliphatic carbocycles. The first kappa shape index (κ1) is 15.6. The number of rotatable bonds is 4. The maximum Gasteiger partial charge on any atom is 0.254 e. The van der Waals surface area contributed by atoms with Crippen LogP contribution >= 0.6 is 0 Å². The molecule has 1 aliphatic rings. The van der Waals surface area contributed by atoms with E-state index in [4.69, 9.17) is 0 Å². The van der Waals surface area contributed by atoms with Gasteiger partial charge < -0.3 is 10.0 Å². The smallest absolute Gasteiger partial charge is 0.254 e. The van der Waals surface area contributed by atoms with Gasteiger partial charge in [0.15, 0.2) is 5.82 Å². The molecule has 1 fully saturated rings. The van der Waals surface area contributed by atoms with Gasteiger partial charge >= 0.3 is 0 Å². The number of hydrogen-bond acceptors (Lipinski definition) is 5. The first-order valence-corrected chi connectivity index (χ1v) is 7.92. The Bertz CT molecular complexity index is 658. The van der Waals surface area contributed by atoms with Crippen LogP contribution in [-0.4, -0.2) is 49.3 Å². The molecule has 3 rings (SSSR count). The number of amides is 1. The van der Waals surface area contributed by atoms with Crippen LogP contribution in [0.5, 0.6) is 0 Å². The molecule has 7 nitrogen and oxygen atoms in total. The van der Waals surface area contributed by atoms with Crippen LogP contribution in [0, 0.1) is 0 Å². The summed E-state index contributed by atoms with van der Waals surface area (Å²) in [4.78, 5) is 15.4. The van der Waals surface area contributed by atoms with Gasteiger partial charge in [0.05, 0.1) is 18.7 Å². The van der Waals surface area contributed by atoms with Crippen molar-refractivity contribution in [2.24, 2.45) is 0 Å². The first-order chi connectivity index (χ1) is 11.1.